The average Bonchev–Trinajstić information content (AvgIpc) is 3.22. The van der Waals surface area contributed by atoms with Crippen molar-refractivity contribution in [3.05, 3.63) is 35.3 Å². The van der Waals surface area contributed by atoms with Crippen molar-refractivity contribution in [2.45, 2.75) is 39.3 Å². The third-order valence-electron chi connectivity index (χ3n) is 5.08. The van der Waals surface area contributed by atoms with Crippen LogP contribution in [0.15, 0.2) is 16.5 Å². The van der Waals surface area contributed by atoms with Crippen LogP contribution in [0.1, 0.15) is 29.6 Å². The molecule has 3 atom stereocenters. The van der Waals surface area contributed by atoms with E-state index in [0.717, 1.165) is 55.8 Å². The van der Waals surface area contributed by atoms with Gasteiger partial charge in [0.2, 0.25) is 0 Å². The van der Waals surface area contributed by atoms with E-state index in [1.807, 2.05) is 19.9 Å². The molecule has 2 aromatic heterocycles. The molecule has 0 radical (unpaired) electrons. The number of nitrogens with one attached hydrogen (secondary N) is 1. The second kappa shape index (κ2) is 6.09. The van der Waals surface area contributed by atoms with Gasteiger partial charge >= 0.3 is 0 Å². The van der Waals surface area contributed by atoms with Crippen molar-refractivity contribution in [3.63, 3.8) is 0 Å². The predicted molar refractivity (Wildman–Crippen MR) is 84.9 cm³/mol. The summed E-state index contributed by atoms with van der Waals surface area (Å²) < 4.78 is 11.8. The van der Waals surface area contributed by atoms with E-state index in [4.69, 9.17) is 9.15 Å². The molecule has 0 spiro atoms. The zero-order valence-electron chi connectivity index (χ0n) is 13.8. The number of furan rings is 1. The highest BCUT2D eigenvalue weighted by Crippen LogP contribution is 2.36. The fraction of sp³-hybridized carbons (Fsp3) is 0.647. The van der Waals surface area contributed by atoms with E-state index in [9.17, 15) is 0 Å². The lowest BCUT2D eigenvalue weighted by molar-refractivity contribution is 0.0827. The van der Waals surface area contributed by atoms with Crippen molar-refractivity contribution in [2.24, 2.45) is 11.8 Å². The number of piperidine rings is 1. The Bertz CT molecular complexity index is 665. The minimum absolute atomic E-state index is 0.267. The SMILES string of the molecule is Cc1nc(C[C@@H]2OC[C@H]3CN(Cc4ccc(C)o4)CC[C@H]32)n[nH]1. The minimum atomic E-state index is 0.267. The van der Waals surface area contributed by atoms with Crippen LogP contribution >= 0.6 is 0 Å². The van der Waals surface area contributed by atoms with Crippen LogP contribution in [0.25, 0.3) is 0 Å². The molecule has 23 heavy (non-hydrogen) atoms. The second-order valence-electron chi connectivity index (χ2n) is 6.87. The molecule has 0 amide bonds. The summed E-state index contributed by atoms with van der Waals surface area (Å²) in [7, 11) is 0. The van der Waals surface area contributed by atoms with Gasteiger partial charge in [-0.1, -0.05) is 0 Å². The van der Waals surface area contributed by atoms with Crippen LogP contribution < -0.4 is 0 Å². The number of hydrogen-bond donors (Lipinski definition) is 1. The number of aromatic nitrogens is 3. The first kappa shape index (κ1) is 14.9. The molecule has 2 aromatic rings. The summed E-state index contributed by atoms with van der Waals surface area (Å²) in [5, 5.41) is 7.17. The van der Waals surface area contributed by atoms with Crippen molar-refractivity contribution < 1.29 is 9.15 Å². The molecule has 2 saturated heterocycles. The normalized spacial score (nSPS) is 28.2. The van der Waals surface area contributed by atoms with Gasteiger partial charge in [-0.05, 0) is 44.9 Å². The Morgan fingerprint density at radius 3 is 3.00 bits per heavy atom. The van der Waals surface area contributed by atoms with Crippen molar-refractivity contribution in [1.82, 2.24) is 20.1 Å². The maximum atomic E-state index is 6.07. The first-order valence-corrected chi connectivity index (χ1v) is 8.44. The zero-order valence-corrected chi connectivity index (χ0v) is 13.8. The average molecular weight is 316 g/mol. The molecule has 6 heteroatoms. The molecule has 2 aliphatic heterocycles. The van der Waals surface area contributed by atoms with Crippen LogP contribution in [0, 0.1) is 25.7 Å². The maximum Gasteiger partial charge on any atom is 0.153 e. The summed E-state index contributed by atoms with van der Waals surface area (Å²) in [6.07, 6.45) is 2.27. The minimum Gasteiger partial charge on any atom is -0.465 e. The van der Waals surface area contributed by atoms with Crippen molar-refractivity contribution in [2.75, 3.05) is 19.7 Å². The van der Waals surface area contributed by atoms with E-state index in [0.29, 0.717) is 11.8 Å². The van der Waals surface area contributed by atoms with E-state index in [2.05, 4.69) is 26.1 Å². The van der Waals surface area contributed by atoms with E-state index >= 15 is 0 Å². The Hall–Kier alpha value is -1.66. The maximum absolute atomic E-state index is 6.07. The number of likely N-dealkylation sites (tertiary alicyclic amines) is 1. The molecule has 124 valence electrons. The third kappa shape index (κ3) is 3.19. The molecule has 6 nitrogen and oxygen atoms in total. The van der Waals surface area contributed by atoms with Crippen LogP contribution in [0.3, 0.4) is 0 Å². The van der Waals surface area contributed by atoms with Crippen molar-refractivity contribution in [3.8, 4) is 0 Å². The van der Waals surface area contributed by atoms with Gasteiger partial charge in [0.15, 0.2) is 5.82 Å². The molecule has 2 aliphatic rings. The Morgan fingerprint density at radius 1 is 1.35 bits per heavy atom. The lowest BCUT2D eigenvalue weighted by atomic mass is 9.83. The topological polar surface area (TPSA) is 67.2 Å². The third-order valence-corrected chi connectivity index (χ3v) is 5.08. The smallest absolute Gasteiger partial charge is 0.153 e. The lowest BCUT2D eigenvalue weighted by Crippen LogP contribution is -2.41. The van der Waals surface area contributed by atoms with E-state index in [1.165, 1.54) is 6.42 Å². The molecule has 0 unspecified atom stereocenters. The molecule has 0 aromatic carbocycles. The first-order valence-electron chi connectivity index (χ1n) is 8.44. The number of ether oxygens (including phenoxy) is 1. The Labute approximate surface area is 136 Å². The van der Waals surface area contributed by atoms with Gasteiger partial charge in [-0.25, -0.2) is 4.98 Å². The summed E-state index contributed by atoms with van der Waals surface area (Å²) in [5.74, 6) is 5.04. The summed E-state index contributed by atoms with van der Waals surface area (Å²) in [6, 6.07) is 4.12. The highest BCUT2D eigenvalue weighted by molar-refractivity contribution is 5.06. The number of rotatable bonds is 4. The molecule has 0 saturated carbocycles. The fourth-order valence-corrected chi connectivity index (χ4v) is 3.97. The molecule has 0 bridgehead atoms. The van der Waals surface area contributed by atoms with Crippen LogP contribution in [0.4, 0.5) is 0 Å². The first-order chi connectivity index (χ1) is 11.2. The van der Waals surface area contributed by atoms with Crippen molar-refractivity contribution >= 4 is 0 Å². The number of aryl methyl sites for hydroxylation is 2. The number of nitrogens with zero attached hydrogens (tertiary/aromatic N) is 3. The second-order valence-corrected chi connectivity index (χ2v) is 6.87. The highest BCUT2D eigenvalue weighted by Gasteiger charge is 2.41. The molecular formula is C17H24N4O2. The summed E-state index contributed by atoms with van der Waals surface area (Å²) in [4.78, 5) is 6.90. The van der Waals surface area contributed by atoms with Gasteiger partial charge in [-0.2, -0.15) is 5.10 Å². The quantitative estimate of drug-likeness (QED) is 0.935. The number of aromatic amines is 1. The van der Waals surface area contributed by atoms with Crippen molar-refractivity contribution in [1.29, 1.82) is 0 Å². The standard InChI is InChI=1S/C17H24N4O2/c1-11-3-4-14(23-11)9-21-6-5-15-13(8-21)10-22-16(15)7-17-18-12(2)19-20-17/h3-4,13,15-16H,5-10H2,1-2H3,(H,18,19,20)/t13-,15-,16+/m1/s1. The monoisotopic (exact) mass is 316 g/mol. The van der Waals surface area contributed by atoms with E-state index in [1.54, 1.807) is 0 Å². The van der Waals surface area contributed by atoms with Gasteiger partial charge in [0.1, 0.15) is 17.3 Å². The van der Waals surface area contributed by atoms with Gasteiger partial charge in [0, 0.05) is 18.9 Å². The number of H-pyrrole nitrogens is 1. The summed E-state index contributed by atoms with van der Waals surface area (Å²) in [6.45, 7) is 7.88. The largest absolute Gasteiger partial charge is 0.465 e. The van der Waals surface area contributed by atoms with Crippen LogP contribution in [-0.4, -0.2) is 45.9 Å². The molecule has 4 heterocycles. The van der Waals surface area contributed by atoms with Gasteiger partial charge in [0.05, 0.1) is 19.3 Å². The Kier molecular flexibility index (Phi) is 3.95. The summed E-state index contributed by atoms with van der Waals surface area (Å²) >= 11 is 0. The molecule has 4 rings (SSSR count). The molecule has 1 N–H and O–H groups in total. The molecule has 0 aliphatic carbocycles. The molecular weight excluding hydrogens is 292 g/mol. The van der Waals surface area contributed by atoms with Crippen LogP contribution in [-0.2, 0) is 17.7 Å². The van der Waals surface area contributed by atoms with Gasteiger partial charge < -0.3 is 9.15 Å². The lowest BCUT2D eigenvalue weighted by Gasteiger charge is -2.35. The Balaban J connectivity index is 1.35. The zero-order chi connectivity index (χ0) is 15.8. The van der Waals surface area contributed by atoms with Gasteiger partial charge in [-0.3, -0.25) is 10.00 Å². The van der Waals surface area contributed by atoms with Gasteiger partial charge in [-0.15, -0.1) is 0 Å². The summed E-state index contributed by atoms with van der Waals surface area (Å²) in [5.41, 5.74) is 0. The fourth-order valence-electron chi connectivity index (χ4n) is 3.97. The van der Waals surface area contributed by atoms with Crippen LogP contribution in [0.5, 0.6) is 0 Å². The predicted octanol–water partition coefficient (Wildman–Crippen LogP) is 2.09. The van der Waals surface area contributed by atoms with Gasteiger partial charge in [0.25, 0.3) is 0 Å². The molecule has 2 fully saturated rings. The highest BCUT2D eigenvalue weighted by atomic mass is 16.5. The number of fused-ring (bicyclic) bond motifs is 1. The van der Waals surface area contributed by atoms with Crippen LogP contribution in [0.2, 0.25) is 0 Å². The Morgan fingerprint density at radius 2 is 2.26 bits per heavy atom. The number of hydrogen-bond acceptors (Lipinski definition) is 5. The van der Waals surface area contributed by atoms with E-state index in [-0.39, 0.29) is 6.10 Å². The van der Waals surface area contributed by atoms with E-state index < -0.39 is 0 Å².